The smallest absolute Gasteiger partial charge is 0.373 e. The Kier molecular flexibility index (Phi) is 7.77. The van der Waals surface area contributed by atoms with Gasteiger partial charge in [-0.05, 0) is 63.8 Å². The number of rotatable bonds is 8. The summed E-state index contributed by atoms with van der Waals surface area (Å²) in [4.78, 5) is 16.5. The Labute approximate surface area is 224 Å². The lowest BCUT2D eigenvalue weighted by Gasteiger charge is -2.25. The molecule has 0 saturated carbocycles. The van der Waals surface area contributed by atoms with E-state index >= 15 is 0 Å². The van der Waals surface area contributed by atoms with Crippen molar-refractivity contribution in [1.29, 1.82) is 0 Å². The van der Waals surface area contributed by atoms with Gasteiger partial charge >= 0.3 is 6.18 Å². The fourth-order valence-corrected chi connectivity index (χ4v) is 4.10. The Morgan fingerprint density at radius 3 is 2.44 bits per heavy atom. The van der Waals surface area contributed by atoms with Crippen LogP contribution >= 0.6 is 0 Å². The molecule has 2 heterocycles. The van der Waals surface area contributed by atoms with Crippen molar-refractivity contribution in [2.45, 2.75) is 20.0 Å². The molecule has 1 amide bonds. The van der Waals surface area contributed by atoms with Gasteiger partial charge in [0, 0.05) is 55.4 Å². The lowest BCUT2D eigenvalue weighted by Crippen LogP contribution is -2.30. The predicted octanol–water partition coefficient (Wildman–Crippen LogP) is 4.55. The van der Waals surface area contributed by atoms with Gasteiger partial charge in [-0.25, -0.2) is 4.68 Å². The second-order valence-corrected chi connectivity index (χ2v) is 9.73. The lowest BCUT2D eigenvalue weighted by molar-refractivity contribution is -0.137. The molecule has 1 N–H and O–H groups in total. The summed E-state index contributed by atoms with van der Waals surface area (Å²) < 4.78 is 45.0. The minimum Gasteiger partial charge on any atom is -0.373 e. The van der Waals surface area contributed by atoms with E-state index < -0.39 is 17.6 Å². The summed E-state index contributed by atoms with van der Waals surface area (Å²) >= 11 is 0. The highest BCUT2D eigenvalue weighted by atomic mass is 19.4. The quantitative estimate of drug-likeness (QED) is 0.353. The molecule has 9 nitrogen and oxygen atoms in total. The Morgan fingerprint density at radius 1 is 1.05 bits per heavy atom. The maximum atomic E-state index is 13.9. The average molecular weight is 541 g/mol. The van der Waals surface area contributed by atoms with Crippen LogP contribution in [0.15, 0.2) is 48.8 Å². The van der Waals surface area contributed by atoms with Crippen LogP contribution in [0.4, 0.5) is 24.5 Å². The van der Waals surface area contributed by atoms with Crippen molar-refractivity contribution in [3.63, 3.8) is 0 Å². The zero-order valence-electron chi connectivity index (χ0n) is 22.7. The summed E-state index contributed by atoms with van der Waals surface area (Å²) in [7, 11) is 7.17. The summed E-state index contributed by atoms with van der Waals surface area (Å²) in [6, 6.07) is 8.83. The van der Waals surface area contributed by atoms with Gasteiger partial charge in [-0.1, -0.05) is 11.3 Å². The summed E-state index contributed by atoms with van der Waals surface area (Å²) in [6.07, 6.45) is -1.13. The zero-order valence-corrected chi connectivity index (χ0v) is 22.7. The molecule has 0 fully saturated rings. The highest BCUT2D eigenvalue weighted by Gasteiger charge is 2.35. The van der Waals surface area contributed by atoms with Gasteiger partial charge in [-0.15, -0.1) is 5.10 Å². The van der Waals surface area contributed by atoms with Gasteiger partial charge in [0.15, 0.2) is 0 Å². The van der Waals surface area contributed by atoms with Crippen molar-refractivity contribution in [3.05, 3.63) is 71.2 Å². The van der Waals surface area contributed by atoms with Crippen LogP contribution in [0, 0.1) is 13.8 Å². The van der Waals surface area contributed by atoms with E-state index in [2.05, 4.69) is 20.7 Å². The van der Waals surface area contributed by atoms with E-state index in [1.807, 2.05) is 39.9 Å². The third-order valence-electron chi connectivity index (χ3n) is 6.58. The number of amides is 1. The minimum absolute atomic E-state index is 0.0470. The number of aryl methyl sites for hydroxylation is 2. The molecule has 206 valence electrons. The first-order valence-electron chi connectivity index (χ1n) is 12.3. The summed E-state index contributed by atoms with van der Waals surface area (Å²) in [5, 5.41) is 15.3. The molecule has 0 spiro atoms. The first-order chi connectivity index (χ1) is 18.3. The monoisotopic (exact) mass is 540 g/mol. The number of alkyl halides is 3. The summed E-state index contributed by atoms with van der Waals surface area (Å²) in [5.74, 6) is -0.540. The van der Waals surface area contributed by atoms with Crippen LogP contribution in [0.25, 0.3) is 16.9 Å². The fraction of sp³-hybridized carbons (Fsp3) is 0.333. The first kappa shape index (κ1) is 27.8. The van der Waals surface area contributed by atoms with Crippen molar-refractivity contribution in [1.82, 2.24) is 29.7 Å². The molecule has 0 saturated heterocycles. The van der Waals surface area contributed by atoms with Crippen molar-refractivity contribution in [3.8, 4) is 16.9 Å². The number of likely N-dealkylation sites (N-methyl/N-ethyl adjacent to an activating group) is 2. The zero-order chi connectivity index (χ0) is 28.5. The maximum Gasteiger partial charge on any atom is 0.418 e. The second kappa shape index (κ2) is 10.9. The van der Waals surface area contributed by atoms with Crippen LogP contribution in [0.2, 0.25) is 0 Å². The van der Waals surface area contributed by atoms with Crippen LogP contribution in [-0.2, 0) is 13.2 Å². The number of anilines is 2. The molecule has 0 bridgehead atoms. The van der Waals surface area contributed by atoms with Gasteiger partial charge in [0.2, 0.25) is 0 Å². The number of hydrogen-bond donors (Lipinski definition) is 1. The topological polar surface area (TPSA) is 84.1 Å². The van der Waals surface area contributed by atoms with Gasteiger partial charge in [0.05, 0.1) is 23.6 Å². The van der Waals surface area contributed by atoms with Crippen molar-refractivity contribution < 1.29 is 18.0 Å². The second-order valence-electron chi connectivity index (χ2n) is 9.73. The molecule has 0 radical (unpaired) electrons. The summed E-state index contributed by atoms with van der Waals surface area (Å²) in [5.41, 5.74) is 3.42. The van der Waals surface area contributed by atoms with E-state index in [0.29, 0.717) is 24.5 Å². The van der Waals surface area contributed by atoms with Gasteiger partial charge in [0.25, 0.3) is 5.91 Å². The van der Waals surface area contributed by atoms with Crippen molar-refractivity contribution in [2.24, 2.45) is 7.05 Å². The van der Waals surface area contributed by atoms with Crippen LogP contribution in [0.3, 0.4) is 0 Å². The molecule has 4 rings (SSSR count). The fourth-order valence-electron chi connectivity index (χ4n) is 4.10. The van der Waals surface area contributed by atoms with E-state index in [9.17, 15) is 18.0 Å². The van der Waals surface area contributed by atoms with Gasteiger partial charge in [0.1, 0.15) is 5.69 Å². The molecular formula is C27H31F3N8O. The number of nitrogens with one attached hydrogen (secondary N) is 1. The van der Waals surface area contributed by atoms with E-state index in [1.54, 1.807) is 51.9 Å². The number of aromatic nitrogens is 5. The molecule has 39 heavy (non-hydrogen) atoms. The number of halogens is 3. The Hall–Kier alpha value is -4.19. The molecule has 0 aliphatic rings. The number of nitrogens with zero attached hydrogens (tertiary/aromatic N) is 7. The molecule has 2 aromatic carbocycles. The van der Waals surface area contributed by atoms with Crippen molar-refractivity contribution >= 4 is 17.3 Å². The Morgan fingerprint density at radius 2 is 1.79 bits per heavy atom. The number of benzene rings is 2. The van der Waals surface area contributed by atoms with Gasteiger partial charge in [-0.3, -0.25) is 9.48 Å². The van der Waals surface area contributed by atoms with Gasteiger partial charge < -0.3 is 15.1 Å². The third kappa shape index (κ3) is 6.11. The number of hydrogen-bond acceptors (Lipinski definition) is 6. The first-order valence-corrected chi connectivity index (χ1v) is 12.3. The standard InChI is InChI=1S/C27H31F3N8O/c1-17-7-8-19(13-25(17)38-16-23(33-34-38)21-15-31-37(6)18(21)2)26(39)32-20-9-10-24(22(14-20)27(28,29)30)36(5)12-11-35(3)4/h7-10,13-16H,11-12H2,1-6H3,(H,32,39). The van der Waals surface area contributed by atoms with Gasteiger partial charge in [-0.2, -0.15) is 18.3 Å². The largest absolute Gasteiger partial charge is 0.418 e. The van der Waals surface area contributed by atoms with Crippen molar-refractivity contribution in [2.75, 3.05) is 44.4 Å². The molecule has 0 atom stereocenters. The molecule has 0 aliphatic carbocycles. The summed E-state index contributed by atoms with van der Waals surface area (Å²) in [6.45, 7) is 4.81. The van der Waals surface area contributed by atoms with Crippen LogP contribution in [0.5, 0.6) is 0 Å². The molecule has 2 aromatic heterocycles. The Bertz CT molecular complexity index is 1490. The Balaban J connectivity index is 1.58. The SMILES string of the molecule is Cc1ccc(C(=O)Nc2ccc(N(C)CCN(C)C)c(C(F)(F)F)c2)cc1-n1cc(-c2cnn(C)c2C)nn1. The molecule has 0 aliphatic heterocycles. The number of carbonyl (C=O) groups excluding carboxylic acids is 1. The lowest BCUT2D eigenvalue weighted by atomic mass is 10.1. The normalized spacial score (nSPS) is 11.7. The van der Waals surface area contributed by atoms with Crippen LogP contribution in [0.1, 0.15) is 27.2 Å². The van der Waals surface area contributed by atoms with Crippen LogP contribution < -0.4 is 10.2 Å². The molecule has 12 heteroatoms. The average Bonchev–Trinajstić information content (AvgIpc) is 3.48. The molecule has 4 aromatic rings. The highest BCUT2D eigenvalue weighted by molar-refractivity contribution is 6.04. The van der Waals surface area contributed by atoms with Crippen LogP contribution in [-0.4, -0.2) is 69.8 Å². The molecule has 0 unspecified atom stereocenters. The maximum absolute atomic E-state index is 13.9. The highest BCUT2D eigenvalue weighted by Crippen LogP contribution is 2.38. The van der Waals surface area contributed by atoms with E-state index in [0.717, 1.165) is 22.9 Å². The van der Waals surface area contributed by atoms with E-state index in [1.165, 1.54) is 12.1 Å². The van der Waals surface area contributed by atoms with E-state index in [4.69, 9.17) is 0 Å². The predicted molar refractivity (Wildman–Crippen MR) is 144 cm³/mol. The third-order valence-corrected chi connectivity index (χ3v) is 6.58. The number of carbonyl (C=O) groups is 1. The van der Waals surface area contributed by atoms with E-state index in [-0.39, 0.29) is 16.9 Å². The minimum atomic E-state index is -4.59. The molecular weight excluding hydrogens is 509 g/mol.